The number of aliphatic hydroxyl groups is 1. The minimum atomic E-state index is -4.97. The molecule has 0 amide bonds. The lowest BCUT2D eigenvalue weighted by molar-refractivity contribution is -0.161. The van der Waals surface area contributed by atoms with Crippen LogP contribution in [0.15, 0.2) is 97.2 Å². The normalized spacial score (nSPS) is 14.6. The van der Waals surface area contributed by atoms with Gasteiger partial charge >= 0.3 is 39.5 Å². The lowest BCUT2D eigenvalue weighted by Crippen LogP contribution is -2.30. The van der Waals surface area contributed by atoms with Crippen LogP contribution in [0.3, 0.4) is 0 Å². The molecule has 0 aliphatic rings. The van der Waals surface area contributed by atoms with E-state index in [1.807, 2.05) is 0 Å². The predicted octanol–water partition coefficient (Wildman–Crippen LogP) is 20.4. The number of phosphoric ester groups is 2. The summed E-state index contributed by atoms with van der Waals surface area (Å²) in [7, 11) is -9.95. The number of hydrogen-bond donors (Lipinski definition) is 3. The van der Waals surface area contributed by atoms with Crippen molar-refractivity contribution < 1.29 is 80.2 Å². The van der Waals surface area contributed by atoms with Crippen LogP contribution in [0.25, 0.3) is 0 Å². The van der Waals surface area contributed by atoms with Gasteiger partial charge in [-0.3, -0.25) is 37.3 Å². The number of phosphoric acid groups is 2. The van der Waals surface area contributed by atoms with Gasteiger partial charge in [0.1, 0.15) is 19.3 Å². The fraction of sp³-hybridized carbons (Fsp3) is 0.733. The molecule has 5 atom stereocenters. The van der Waals surface area contributed by atoms with Crippen LogP contribution in [-0.4, -0.2) is 96.7 Å². The summed E-state index contributed by atoms with van der Waals surface area (Å²) >= 11 is 0. The molecular formula is C75H130O17P2. The Bertz CT molecular complexity index is 2170. The predicted molar refractivity (Wildman–Crippen MR) is 381 cm³/mol. The molecule has 17 nitrogen and oxygen atoms in total. The second-order valence-electron chi connectivity index (χ2n) is 24.1. The topological polar surface area (TPSA) is 237 Å². The Balaban J connectivity index is 5.32. The van der Waals surface area contributed by atoms with Gasteiger partial charge in [0, 0.05) is 25.7 Å². The number of unbranched alkanes of at least 4 members (excludes halogenated alkanes) is 26. The molecule has 0 aromatic carbocycles. The second-order valence-corrected chi connectivity index (χ2v) is 27.0. The number of carbonyl (C=O) groups is 4. The van der Waals surface area contributed by atoms with Gasteiger partial charge in [0.2, 0.25) is 0 Å². The highest BCUT2D eigenvalue weighted by Gasteiger charge is 2.30. The zero-order valence-electron chi connectivity index (χ0n) is 58.9. The van der Waals surface area contributed by atoms with E-state index in [0.29, 0.717) is 25.7 Å². The Morgan fingerprint density at radius 1 is 0.309 bits per heavy atom. The fourth-order valence-electron chi connectivity index (χ4n) is 9.41. The van der Waals surface area contributed by atoms with Gasteiger partial charge in [-0.25, -0.2) is 9.13 Å². The highest BCUT2D eigenvalue weighted by molar-refractivity contribution is 7.47. The van der Waals surface area contributed by atoms with Gasteiger partial charge < -0.3 is 33.8 Å². The van der Waals surface area contributed by atoms with Crippen molar-refractivity contribution in [3.05, 3.63) is 97.2 Å². The molecule has 0 radical (unpaired) electrons. The van der Waals surface area contributed by atoms with Crippen molar-refractivity contribution in [2.24, 2.45) is 0 Å². The molecule has 19 heteroatoms. The van der Waals surface area contributed by atoms with Gasteiger partial charge in [-0.1, -0.05) is 240 Å². The van der Waals surface area contributed by atoms with E-state index in [1.54, 1.807) is 0 Å². The first-order chi connectivity index (χ1) is 45.7. The minimum absolute atomic E-state index is 0.0756. The maximum atomic E-state index is 13.0. The summed E-state index contributed by atoms with van der Waals surface area (Å²) in [5.41, 5.74) is 0. The molecule has 3 N–H and O–H groups in total. The molecule has 0 aliphatic carbocycles. The molecule has 0 bridgehead atoms. The van der Waals surface area contributed by atoms with Crippen molar-refractivity contribution in [3.8, 4) is 0 Å². The molecule has 0 fully saturated rings. The van der Waals surface area contributed by atoms with Crippen molar-refractivity contribution in [2.75, 3.05) is 39.6 Å². The zero-order chi connectivity index (χ0) is 69.0. The molecule has 0 spiro atoms. The van der Waals surface area contributed by atoms with E-state index >= 15 is 0 Å². The van der Waals surface area contributed by atoms with Crippen LogP contribution in [0, 0.1) is 0 Å². The summed E-state index contributed by atoms with van der Waals surface area (Å²) in [4.78, 5) is 72.6. The summed E-state index contributed by atoms with van der Waals surface area (Å²) < 4.78 is 68.3. The Morgan fingerprint density at radius 3 is 0.904 bits per heavy atom. The van der Waals surface area contributed by atoms with Gasteiger partial charge in [-0.2, -0.15) is 0 Å². The van der Waals surface area contributed by atoms with Gasteiger partial charge in [0.15, 0.2) is 12.2 Å². The summed E-state index contributed by atoms with van der Waals surface area (Å²) in [5, 5.41) is 10.6. The molecule has 0 rings (SSSR count). The summed E-state index contributed by atoms with van der Waals surface area (Å²) in [5.74, 6) is -2.22. The van der Waals surface area contributed by atoms with E-state index in [9.17, 15) is 43.2 Å². The third-order valence-electron chi connectivity index (χ3n) is 15.0. The van der Waals surface area contributed by atoms with Crippen LogP contribution in [-0.2, 0) is 65.4 Å². The number of allylic oxidation sites excluding steroid dienone is 16. The van der Waals surface area contributed by atoms with Crippen molar-refractivity contribution >= 4 is 39.5 Å². The van der Waals surface area contributed by atoms with Crippen LogP contribution >= 0.6 is 15.6 Å². The molecule has 5 unspecified atom stereocenters. The summed E-state index contributed by atoms with van der Waals surface area (Å²) in [6, 6.07) is 0. The molecule has 0 heterocycles. The van der Waals surface area contributed by atoms with Crippen LogP contribution in [0.2, 0.25) is 0 Å². The van der Waals surface area contributed by atoms with Gasteiger partial charge in [-0.05, 0) is 128 Å². The highest BCUT2D eigenvalue weighted by atomic mass is 31.2. The Morgan fingerprint density at radius 2 is 0.574 bits per heavy atom. The first-order valence-electron chi connectivity index (χ1n) is 36.5. The molecule has 94 heavy (non-hydrogen) atoms. The van der Waals surface area contributed by atoms with Crippen molar-refractivity contribution in [1.29, 1.82) is 0 Å². The number of hydrogen-bond acceptors (Lipinski definition) is 15. The monoisotopic (exact) mass is 1360 g/mol. The summed E-state index contributed by atoms with van der Waals surface area (Å²) in [6.07, 6.45) is 68.4. The van der Waals surface area contributed by atoms with Crippen molar-refractivity contribution in [3.63, 3.8) is 0 Å². The largest absolute Gasteiger partial charge is 0.472 e. The minimum Gasteiger partial charge on any atom is -0.462 e. The standard InChI is InChI=1S/C75H130O17P2/c1-5-9-13-17-21-25-29-32-33-34-35-38-41-44-48-52-56-60-73(78)86-65-70(91-74(79)61-57-53-49-45-39-28-24-20-16-12-8-4)67-89-93(81,82)87-63-69(76)64-88-94(83,84)90-68-71(92-75(80)62-58-54-50-46-42-37-31-27-23-19-15-11-7-3)66-85-72(77)59-55-51-47-43-40-36-30-26-22-18-14-10-6-2/h9,13-15,18-21,24-27,30-33,69-71,76H,5-8,10-12,16-17,22-23,28-29,34-68H2,1-4H3,(H,81,82)(H,83,84)/b13-9-,18-14-,19-15-,24-20-,25-21-,30-26-,31-27-,33-32-. The van der Waals surface area contributed by atoms with Gasteiger partial charge in [-0.15, -0.1) is 0 Å². The molecular weight excluding hydrogens is 1230 g/mol. The Hall–Kier alpha value is -4.02. The number of aliphatic hydroxyl groups excluding tert-OH is 1. The van der Waals surface area contributed by atoms with Gasteiger partial charge in [0.05, 0.1) is 26.4 Å². The summed E-state index contributed by atoms with van der Waals surface area (Å²) in [6.45, 7) is 4.54. The van der Waals surface area contributed by atoms with E-state index in [2.05, 4.69) is 125 Å². The molecule has 0 aromatic rings. The first kappa shape index (κ1) is 90.0. The first-order valence-corrected chi connectivity index (χ1v) is 39.5. The van der Waals surface area contributed by atoms with E-state index in [0.717, 1.165) is 205 Å². The number of esters is 4. The van der Waals surface area contributed by atoms with E-state index in [4.69, 9.17) is 37.0 Å². The fourth-order valence-corrected chi connectivity index (χ4v) is 11.0. The van der Waals surface area contributed by atoms with Crippen LogP contribution in [0.4, 0.5) is 0 Å². The van der Waals surface area contributed by atoms with Crippen LogP contribution in [0.1, 0.15) is 297 Å². The lowest BCUT2D eigenvalue weighted by Gasteiger charge is -2.21. The average Bonchev–Trinajstić information content (AvgIpc) is 1.32. The number of ether oxygens (including phenoxy) is 4. The van der Waals surface area contributed by atoms with Crippen LogP contribution in [0.5, 0.6) is 0 Å². The second kappa shape index (κ2) is 67.5. The third kappa shape index (κ3) is 66.6. The number of carbonyl (C=O) groups excluding carboxylic acids is 4. The van der Waals surface area contributed by atoms with Crippen LogP contribution < -0.4 is 0 Å². The zero-order valence-corrected chi connectivity index (χ0v) is 60.7. The maximum Gasteiger partial charge on any atom is 0.472 e. The Labute approximate surface area is 569 Å². The van der Waals surface area contributed by atoms with E-state index < -0.39 is 97.5 Å². The van der Waals surface area contributed by atoms with Crippen molar-refractivity contribution in [2.45, 2.75) is 316 Å². The lowest BCUT2D eigenvalue weighted by atomic mass is 10.1. The average molecular weight is 1370 g/mol. The SMILES string of the molecule is CC/C=C\C/C=C\C/C=C\CCCCCCCCCC(=O)OCC(COP(=O)(O)OCC(O)COP(=O)(O)OCC(COC(=O)CCCCCCC/C=C\C/C=C\CCC)OC(=O)CCCCCCC/C=C\C/C=C\CCC)OC(=O)CCCCCCC/C=C\CCCC. The van der Waals surface area contributed by atoms with E-state index in [-0.39, 0.29) is 25.7 Å². The smallest absolute Gasteiger partial charge is 0.462 e. The third-order valence-corrected chi connectivity index (χ3v) is 16.9. The highest BCUT2D eigenvalue weighted by Crippen LogP contribution is 2.45. The maximum absolute atomic E-state index is 13.0. The van der Waals surface area contributed by atoms with Gasteiger partial charge in [0.25, 0.3) is 0 Å². The van der Waals surface area contributed by atoms with Crippen molar-refractivity contribution in [1.82, 2.24) is 0 Å². The quantitative estimate of drug-likeness (QED) is 0.0169. The molecule has 0 aliphatic heterocycles. The Kier molecular flexibility index (Phi) is 64.7. The van der Waals surface area contributed by atoms with E-state index in [1.165, 1.54) is 12.8 Å². The molecule has 0 aromatic heterocycles. The molecule has 0 saturated heterocycles. The molecule has 0 saturated carbocycles. The number of rotatable bonds is 68. The molecule has 542 valence electrons.